The van der Waals surface area contributed by atoms with E-state index in [1.54, 1.807) is 23.1 Å². The minimum Gasteiger partial charge on any atom is -0.379 e. The highest BCUT2D eigenvalue weighted by molar-refractivity contribution is 6.07. The third-order valence-electron chi connectivity index (χ3n) is 5.44. The lowest BCUT2D eigenvalue weighted by atomic mass is 10.1. The van der Waals surface area contributed by atoms with Crippen molar-refractivity contribution in [2.24, 2.45) is 0 Å². The Morgan fingerprint density at radius 3 is 2.69 bits per heavy atom. The summed E-state index contributed by atoms with van der Waals surface area (Å²) in [5.41, 5.74) is 2.63. The maximum atomic E-state index is 13.1. The standard InChI is InChI=1S/C22H26N4O3/c1-16-15-17-5-2-3-8-20(17)26(16)22(28)19-7-4-6-18(24-19)21(27)23-9-10-25-11-13-29-14-12-25/h2-8,16H,9-15H2,1H3,(H,23,27). The number of para-hydroxylation sites is 1. The van der Waals surface area contributed by atoms with Gasteiger partial charge in [0, 0.05) is 37.9 Å². The Labute approximate surface area is 170 Å². The quantitative estimate of drug-likeness (QED) is 0.836. The van der Waals surface area contributed by atoms with Crippen LogP contribution in [0.5, 0.6) is 0 Å². The van der Waals surface area contributed by atoms with Crippen molar-refractivity contribution < 1.29 is 14.3 Å². The second-order valence-corrected chi connectivity index (χ2v) is 7.47. The van der Waals surface area contributed by atoms with Crippen molar-refractivity contribution in [2.45, 2.75) is 19.4 Å². The van der Waals surface area contributed by atoms with Gasteiger partial charge in [-0.1, -0.05) is 24.3 Å². The number of morpholine rings is 1. The predicted molar refractivity (Wildman–Crippen MR) is 110 cm³/mol. The molecule has 0 bridgehead atoms. The van der Waals surface area contributed by atoms with Crippen LogP contribution in [0.2, 0.25) is 0 Å². The molecule has 7 heteroatoms. The van der Waals surface area contributed by atoms with Crippen LogP contribution in [0, 0.1) is 0 Å². The molecule has 0 radical (unpaired) electrons. The lowest BCUT2D eigenvalue weighted by Crippen LogP contribution is -2.41. The molecule has 2 amide bonds. The fraction of sp³-hybridized carbons (Fsp3) is 0.409. The van der Waals surface area contributed by atoms with Gasteiger partial charge in [-0.15, -0.1) is 0 Å². The number of aromatic nitrogens is 1. The van der Waals surface area contributed by atoms with Crippen LogP contribution in [0.1, 0.15) is 33.5 Å². The third-order valence-corrected chi connectivity index (χ3v) is 5.44. The number of fused-ring (bicyclic) bond motifs is 1. The fourth-order valence-electron chi connectivity index (χ4n) is 3.92. The summed E-state index contributed by atoms with van der Waals surface area (Å²) in [5, 5.41) is 2.90. The first kappa shape index (κ1) is 19.5. The number of carbonyl (C=O) groups excluding carboxylic acids is 2. The second-order valence-electron chi connectivity index (χ2n) is 7.47. The highest BCUT2D eigenvalue weighted by Crippen LogP contribution is 2.32. The second kappa shape index (κ2) is 8.71. The number of carbonyl (C=O) groups is 2. The fourth-order valence-corrected chi connectivity index (χ4v) is 3.92. The molecule has 0 saturated carbocycles. The Bertz CT molecular complexity index is 895. The van der Waals surface area contributed by atoms with Gasteiger partial charge >= 0.3 is 0 Å². The number of nitrogens with zero attached hydrogens (tertiary/aromatic N) is 3. The van der Waals surface area contributed by atoms with Crippen molar-refractivity contribution in [2.75, 3.05) is 44.3 Å². The molecule has 1 atom stereocenters. The molecule has 1 unspecified atom stereocenters. The number of ether oxygens (including phenoxy) is 1. The maximum absolute atomic E-state index is 13.1. The molecule has 7 nitrogen and oxygen atoms in total. The van der Waals surface area contributed by atoms with Crippen molar-refractivity contribution in [1.29, 1.82) is 0 Å². The average Bonchev–Trinajstić information content (AvgIpc) is 3.09. The SMILES string of the molecule is CC1Cc2ccccc2N1C(=O)c1cccc(C(=O)NCCN2CCOCC2)n1. The van der Waals surface area contributed by atoms with Crippen LogP contribution in [0.15, 0.2) is 42.5 Å². The third kappa shape index (κ3) is 4.31. The number of rotatable bonds is 5. The van der Waals surface area contributed by atoms with E-state index in [4.69, 9.17) is 4.74 Å². The van der Waals surface area contributed by atoms with Gasteiger partial charge in [0.15, 0.2) is 0 Å². The first-order valence-corrected chi connectivity index (χ1v) is 10.1. The summed E-state index contributed by atoms with van der Waals surface area (Å²) < 4.78 is 5.33. The summed E-state index contributed by atoms with van der Waals surface area (Å²) in [6.45, 7) is 6.57. The summed E-state index contributed by atoms with van der Waals surface area (Å²) in [6.07, 6.45) is 0.823. The zero-order valence-corrected chi connectivity index (χ0v) is 16.6. The largest absolute Gasteiger partial charge is 0.379 e. The van der Waals surface area contributed by atoms with Crippen molar-refractivity contribution in [1.82, 2.24) is 15.2 Å². The molecule has 29 heavy (non-hydrogen) atoms. The molecule has 1 aromatic heterocycles. The summed E-state index contributed by atoms with van der Waals surface area (Å²) in [6, 6.07) is 13.0. The van der Waals surface area contributed by atoms with Crippen molar-refractivity contribution >= 4 is 17.5 Å². The molecule has 0 aliphatic carbocycles. The molecule has 1 N–H and O–H groups in total. The lowest BCUT2D eigenvalue weighted by Gasteiger charge is -2.26. The molecule has 3 heterocycles. The van der Waals surface area contributed by atoms with Gasteiger partial charge in [-0.3, -0.25) is 14.5 Å². The summed E-state index contributed by atoms with van der Waals surface area (Å²) >= 11 is 0. The highest BCUT2D eigenvalue weighted by Gasteiger charge is 2.32. The van der Waals surface area contributed by atoms with Crippen LogP contribution < -0.4 is 10.2 Å². The van der Waals surface area contributed by atoms with Gasteiger partial charge in [-0.05, 0) is 37.1 Å². The first-order chi connectivity index (χ1) is 14.1. The highest BCUT2D eigenvalue weighted by atomic mass is 16.5. The first-order valence-electron chi connectivity index (χ1n) is 10.1. The molecule has 0 spiro atoms. The number of benzene rings is 1. The molecule has 2 aliphatic rings. The van der Waals surface area contributed by atoms with Gasteiger partial charge in [0.1, 0.15) is 11.4 Å². The monoisotopic (exact) mass is 394 g/mol. The Morgan fingerprint density at radius 1 is 1.10 bits per heavy atom. The van der Waals surface area contributed by atoms with E-state index in [0.29, 0.717) is 6.54 Å². The number of amides is 2. The average molecular weight is 394 g/mol. The van der Waals surface area contributed by atoms with Crippen LogP contribution in [-0.2, 0) is 11.2 Å². The molecular weight excluding hydrogens is 368 g/mol. The zero-order chi connectivity index (χ0) is 20.2. The number of hydrogen-bond acceptors (Lipinski definition) is 5. The Balaban J connectivity index is 1.41. The van der Waals surface area contributed by atoms with Crippen molar-refractivity contribution in [3.63, 3.8) is 0 Å². The molecule has 2 aromatic rings. The van der Waals surface area contributed by atoms with Gasteiger partial charge in [0.25, 0.3) is 11.8 Å². The molecule has 1 aromatic carbocycles. The van der Waals surface area contributed by atoms with Gasteiger partial charge < -0.3 is 15.0 Å². The summed E-state index contributed by atoms with van der Waals surface area (Å²) in [5.74, 6) is -0.437. The Kier molecular flexibility index (Phi) is 5.87. The van der Waals surface area contributed by atoms with Gasteiger partial charge in [-0.25, -0.2) is 4.98 Å². The minimum atomic E-state index is -0.261. The molecule has 1 saturated heterocycles. The Morgan fingerprint density at radius 2 is 1.86 bits per heavy atom. The molecule has 4 rings (SSSR count). The Hall–Kier alpha value is -2.77. The normalized spacial score (nSPS) is 19.1. The lowest BCUT2D eigenvalue weighted by molar-refractivity contribution is 0.0383. The van der Waals surface area contributed by atoms with Crippen LogP contribution in [0.3, 0.4) is 0 Å². The van der Waals surface area contributed by atoms with E-state index < -0.39 is 0 Å². The molecule has 152 valence electrons. The van der Waals surface area contributed by atoms with E-state index in [0.717, 1.165) is 50.5 Å². The van der Waals surface area contributed by atoms with Crippen LogP contribution in [0.4, 0.5) is 5.69 Å². The summed E-state index contributed by atoms with van der Waals surface area (Å²) in [7, 11) is 0. The zero-order valence-electron chi connectivity index (χ0n) is 16.6. The van der Waals surface area contributed by atoms with E-state index in [-0.39, 0.29) is 29.2 Å². The van der Waals surface area contributed by atoms with Gasteiger partial charge in [0.2, 0.25) is 0 Å². The molecular formula is C22H26N4O3. The van der Waals surface area contributed by atoms with Gasteiger partial charge in [-0.2, -0.15) is 0 Å². The van der Waals surface area contributed by atoms with Crippen LogP contribution in [0.25, 0.3) is 0 Å². The van der Waals surface area contributed by atoms with E-state index in [2.05, 4.69) is 15.2 Å². The van der Waals surface area contributed by atoms with E-state index >= 15 is 0 Å². The van der Waals surface area contributed by atoms with E-state index in [1.165, 1.54) is 0 Å². The van der Waals surface area contributed by atoms with E-state index in [1.807, 2.05) is 31.2 Å². The van der Waals surface area contributed by atoms with Crippen LogP contribution in [-0.4, -0.2) is 67.1 Å². The topological polar surface area (TPSA) is 74.8 Å². The van der Waals surface area contributed by atoms with E-state index in [9.17, 15) is 9.59 Å². The van der Waals surface area contributed by atoms with Crippen LogP contribution >= 0.6 is 0 Å². The minimum absolute atomic E-state index is 0.0627. The number of pyridine rings is 1. The smallest absolute Gasteiger partial charge is 0.277 e. The molecule has 2 aliphatic heterocycles. The number of hydrogen-bond donors (Lipinski definition) is 1. The maximum Gasteiger partial charge on any atom is 0.277 e. The van der Waals surface area contributed by atoms with Crippen molar-refractivity contribution in [3.8, 4) is 0 Å². The number of nitrogens with one attached hydrogen (secondary N) is 1. The summed E-state index contributed by atoms with van der Waals surface area (Å²) in [4.78, 5) is 34.0. The van der Waals surface area contributed by atoms with Gasteiger partial charge in [0.05, 0.1) is 13.2 Å². The van der Waals surface area contributed by atoms with Crippen molar-refractivity contribution in [3.05, 3.63) is 59.4 Å². The predicted octanol–water partition coefficient (Wildman–Crippen LogP) is 1.74. The number of anilines is 1. The molecule has 1 fully saturated rings.